The molecule has 6 rings (SSSR count). The number of benzene rings is 6. The van der Waals surface area contributed by atoms with Gasteiger partial charge in [0.25, 0.3) is 0 Å². The van der Waals surface area contributed by atoms with Gasteiger partial charge in [0, 0.05) is 64.7 Å². The van der Waals surface area contributed by atoms with Crippen LogP contribution in [-0.2, 0) is 6.42 Å². The number of anilines is 3. The van der Waals surface area contributed by atoms with Gasteiger partial charge in [-0.25, -0.2) is 9.87 Å². The van der Waals surface area contributed by atoms with Gasteiger partial charge in [-0.1, -0.05) is 43.4 Å². The minimum atomic E-state index is -0.421. The summed E-state index contributed by atoms with van der Waals surface area (Å²) in [7, 11) is 12.4. The van der Waals surface area contributed by atoms with Crippen LogP contribution in [0.25, 0.3) is 24.3 Å². The molecule has 15 heteroatoms. The van der Waals surface area contributed by atoms with Gasteiger partial charge in [0.05, 0.1) is 62.6 Å². The number of methoxy groups -OCH3 is 8. The number of allylic oxidation sites excluding steroid dienone is 2. The first-order valence-electron chi connectivity index (χ1n) is 22.1. The van der Waals surface area contributed by atoms with Crippen LogP contribution in [0.3, 0.4) is 0 Å². The summed E-state index contributed by atoms with van der Waals surface area (Å²) >= 11 is 0. The van der Waals surface area contributed by atoms with Crippen molar-refractivity contribution >= 4 is 52.9 Å². The number of hydrogen-bond donors (Lipinski definition) is 3. The second-order valence-electron chi connectivity index (χ2n) is 15.2. The largest absolute Gasteiger partial charge is 0.496 e. The van der Waals surface area contributed by atoms with Crippen LogP contribution >= 0.6 is 0 Å². The summed E-state index contributed by atoms with van der Waals surface area (Å²) in [5.41, 5.74) is 9.29. The molecule has 368 valence electrons. The normalized spacial score (nSPS) is 11.2. The minimum absolute atomic E-state index is 0.239. The van der Waals surface area contributed by atoms with E-state index in [2.05, 4.69) is 16.1 Å². The molecule has 0 unspecified atom stereocenters. The first-order chi connectivity index (χ1) is 34.5. The monoisotopic (exact) mass is 965 g/mol. The Hall–Kier alpha value is -8.85. The maximum absolute atomic E-state index is 13.8. The Balaban J connectivity index is 1.20. The van der Waals surface area contributed by atoms with E-state index >= 15 is 0 Å². The lowest BCUT2D eigenvalue weighted by Gasteiger charge is -2.17. The lowest BCUT2D eigenvalue weighted by atomic mass is 10.0. The molecular weight excluding hydrogens is 910 g/mol. The van der Waals surface area contributed by atoms with Crippen molar-refractivity contribution in [3.8, 4) is 51.7 Å². The molecule has 0 aromatic heterocycles. The van der Waals surface area contributed by atoms with Crippen LogP contribution in [0.15, 0.2) is 122 Å². The van der Waals surface area contributed by atoms with Crippen LogP contribution in [0.4, 0.5) is 21.5 Å². The van der Waals surface area contributed by atoms with Gasteiger partial charge in [-0.15, -0.1) is 0 Å². The summed E-state index contributed by atoms with van der Waals surface area (Å²) in [6.45, 7) is 2.03. The van der Waals surface area contributed by atoms with E-state index in [1.165, 1.54) is 63.0 Å². The SMILES string of the molecule is CCc1cc(/C=C\c2cc(OC)c(ONc3ccccc3C(=O)/C=C\Nc3cc(OC)c(OC)cc3/C=C\c3cc(OC)c(OC)c(OC)c3)c(OC)c2)c(N/C=C\C(=O)c2ccc(F)cc2)cc1OC. The number of nitrogens with one attached hydrogen (secondary N) is 3. The van der Waals surface area contributed by atoms with E-state index in [1.54, 1.807) is 85.1 Å². The molecule has 0 atom stereocenters. The zero-order chi connectivity index (χ0) is 50.9. The van der Waals surface area contributed by atoms with Crippen LogP contribution in [0.1, 0.15) is 55.5 Å². The summed E-state index contributed by atoms with van der Waals surface area (Å²) in [5.74, 6) is 3.06. The van der Waals surface area contributed by atoms with Gasteiger partial charge < -0.3 is 53.4 Å². The Labute approximate surface area is 412 Å². The van der Waals surface area contributed by atoms with Crippen LogP contribution in [0, 0.1) is 5.82 Å². The highest BCUT2D eigenvalue weighted by Crippen LogP contribution is 2.41. The number of para-hydroxylation sites is 1. The molecule has 0 radical (unpaired) electrons. The van der Waals surface area contributed by atoms with Crippen molar-refractivity contribution in [2.45, 2.75) is 13.3 Å². The molecule has 0 aliphatic rings. The van der Waals surface area contributed by atoms with Crippen LogP contribution in [0.5, 0.6) is 51.7 Å². The number of rotatable bonds is 24. The zero-order valence-corrected chi connectivity index (χ0v) is 40.9. The molecule has 0 bridgehead atoms. The summed E-state index contributed by atoms with van der Waals surface area (Å²) in [4.78, 5) is 32.6. The van der Waals surface area contributed by atoms with Crippen molar-refractivity contribution in [2.24, 2.45) is 0 Å². The summed E-state index contributed by atoms with van der Waals surface area (Å²) in [6, 6.07) is 26.9. The molecule has 14 nitrogen and oxygen atoms in total. The minimum Gasteiger partial charge on any atom is -0.496 e. The Bertz CT molecular complexity index is 2910. The fourth-order valence-electron chi connectivity index (χ4n) is 7.30. The number of aryl methyl sites for hydroxylation is 1. The zero-order valence-electron chi connectivity index (χ0n) is 40.9. The number of hydrogen-bond acceptors (Lipinski definition) is 14. The highest BCUT2D eigenvalue weighted by atomic mass is 19.1. The van der Waals surface area contributed by atoms with Crippen molar-refractivity contribution in [2.75, 3.05) is 73.0 Å². The van der Waals surface area contributed by atoms with E-state index in [0.717, 1.165) is 27.8 Å². The van der Waals surface area contributed by atoms with Crippen LogP contribution < -0.4 is 58.8 Å². The number of carbonyl (C=O) groups excluding carboxylic acids is 2. The van der Waals surface area contributed by atoms with Gasteiger partial charge in [-0.05, 0) is 101 Å². The van der Waals surface area contributed by atoms with Gasteiger partial charge in [0.2, 0.25) is 11.5 Å². The molecule has 0 amide bonds. The fourth-order valence-corrected chi connectivity index (χ4v) is 7.30. The maximum atomic E-state index is 13.8. The molecular formula is C56H56FN3O11. The van der Waals surface area contributed by atoms with Crippen LogP contribution in [-0.4, -0.2) is 68.4 Å². The highest BCUT2D eigenvalue weighted by Gasteiger charge is 2.18. The molecule has 3 N–H and O–H groups in total. The second-order valence-corrected chi connectivity index (χ2v) is 15.2. The van der Waals surface area contributed by atoms with Gasteiger partial charge in [-0.3, -0.25) is 9.59 Å². The first kappa shape index (κ1) is 51.5. The molecule has 0 aliphatic heterocycles. The lowest BCUT2D eigenvalue weighted by molar-refractivity contribution is 0.103. The Morgan fingerprint density at radius 1 is 0.493 bits per heavy atom. The highest BCUT2D eigenvalue weighted by molar-refractivity contribution is 6.08. The number of ether oxygens (including phenoxy) is 8. The summed E-state index contributed by atoms with van der Waals surface area (Å²) < 4.78 is 58.3. The van der Waals surface area contributed by atoms with E-state index in [4.69, 9.17) is 42.7 Å². The van der Waals surface area contributed by atoms with Crippen LogP contribution in [0.2, 0.25) is 0 Å². The second kappa shape index (κ2) is 25.0. The fraction of sp³-hybridized carbons (Fsp3) is 0.179. The number of halogens is 1. The summed E-state index contributed by atoms with van der Waals surface area (Å²) in [6.07, 6.45) is 14.1. The Kier molecular flexibility index (Phi) is 18.1. The molecule has 0 spiro atoms. The van der Waals surface area contributed by atoms with Gasteiger partial charge in [0.1, 0.15) is 11.6 Å². The predicted octanol–water partition coefficient (Wildman–Crippen LogP) is 11.8. The summed E-state index contributed by atoms with van der Waals surface area (Å²) in [5, 5.41) is 6.42. The smallest absolute Gasteiger partial charge is 0.238 e. The van der Waals surface area contributed by atoms with Crippen molar-refractivity contribution < 1.29 is 56.7 Å². The third-order valence-corrected chi connectivity index (χ3v) is 11.0. The quantitative estimate of drug-likeness (QED) is 0.0228. The van der Waals surface area contributed by atoms with E-state index in [-0.39, 0.29) is 17.3 Å². The lowest BCUT2D eigenvalue weighted by Crippen LogP contribution is -2.11. The van der Waals surface area contributed by atoms with E-state index < -0.39 is 5.82 Å². The van der Waals surface area contributed by atoms with Crippen molar-refractivity contribution in [1.29, 1.82) is 0 Å². The Morgan fingerprint density at radius 2 is 0.972 bits per heavy atom. The molecule has 0 saturated heterocycles. The molecule has 0 saturated carbocycles. The van der Waals surface area contributed by atoms with Crippen molar-refractivity contribution in [3.05, 3.63) is 166 Å². The number of carbonyl (C=O) groups is 2. The predicted molar refractivity (Wildman–Crippen MR) is 277 cm³/mol. The Morgan fingerprint density at radius 3 is 1.49 bits per heavy atom. The van der Waals surface area contributed by atoms with Gasteiger partial charge >= 0.3 is 0 Å². The molecule has 0 heterocycles. The molecule has 6 aromatic rings. The molecule has 0 aliphatic carbocycles. The van der Waals surface area contributed by atoms with E-state index in [0.29, 0.717) is 80.6 Å². The average Bonchev–Trinajstić information content (AvgIpc) is 3.40. The standard InChI is InChI=1S/C56H56FN3O11/c1-10-37-31-39(44(33-48(37)63-2)58-25-23-46(61)38-19-21-41(57)22-20-38)17-15-36-29-53(68-7)56(54(30-36)69-8)71-60-43-14-12-11-13-42(43)47(62)24-26-59-45-34-50(65-4)49(64-3)32-40(45)18-16-35-27-51(66-5)55(70-9)52(28-35)67-6/h11-34,58-60H,10H2,1-9H3/b17-15-,18-16-,25-23-,26-24-. The van der Waals surface area contributed by atoms with Gasteiger partial charge in [-0.2, -0.15) is 0 Å². The average molecular weight is 966 g/mol. The van der Waals surface area contributed by atoms with E-state index in [1.807, 2.05) is 61.6 Å². The van der Waals surface area contributed by atoms with Crippen molar-refractivity contribution in [1.82, 2.24) is 0 Å². The number of ketones is 2. The van der Waals surface area contributed by atoms with E-state index in [9.17, 15) is 14.0 Å². The molecule has 71 heavy (non-hydrogen) atoms. The topological polar surface area (TPSA) is 153 Å². The van der Waals surface area contributed by atoms with Gasteiger partial charge in [0.15, 0.2) is 46.1 Å². The molecule has 0 fully saturated rings. The third kappa shape index (κ3) is 12.8. The van der Waals surface area contributed by atoms with Crippen molar-refractivity contribution in [3.63, 3.8) is 0 Å². The third-order valence-electron chi connectivity index (χ3n) is 11.0. The maximum Gasteiger partial charge on any atom is 0.238 e. The molecule has 6 aromatic carbocycles. The first-order valence-corrected chi connectivity index (χ1v) is 22.1.